The van der Waals surface area contributed by atoms with Crippen LogP contribution in [0.4, 0.5) is 0 Å². The first-order valence-corrected chi connectivity index (χ1v) is 30.0. The maximum absolute atomic E-state index is 12.8. The van der Waals surface area contributed by atoms with E-state index in [1.54, 1.807) is 0 Å². The smallest absolute Gasteiger partial charge is 0.306 e. The SMILES string of the molecule is CCCCCCC/C=C\C/C=C\C/C=C\CCCCCCCCCCCCCCCCC(=O)OCC(COC(=O)CCCCCCCCCCC)OC(=O)CCCCCCCCCCCCCC. The summed E-state index contributed by atoms with van der Waals surface area (Å²) in [6.07, 6.45) is 68.8. The van der Waals surface area contributed by atoms with Gasteiger partial charge >= 0.3 is 17.9 Å². The second-order valence-corrected chi connectivity index (χ2v) is 20.3. The van der Waals surface area contributed by atoms with Crippen LogP contribution in [0, 0.1) is 0 Å². The monoisotopic (exact) mass is 955 g/mol. The maximum Gasteiger partial charge on any atom is 0.306 e. The van der Waals surface area contributed by atoms with Gasteiger partial charge in [0.25, 0.3) is 0 Å². The lowest BCUT2D eigenvalue weighted by Gasteiger charge is -2.18. The van der Waals surface area contributed by atoms with Gasteiger partial charge in [0.15, 0.2) is 6.10 Å². The van der Waals surface area contributed by atoms with Crippen LogP contribution in [0.15, 0.2) is 36.5 Å². The largest absolute Gasteiger partial charge is 0.462 e. The Balaban J connectivity index is 4.07. The van der Waals surface area contributed by atoms with Gasteiger partial charge in [0, 0.05) is 19.3 Å². The first kappa shape index (κ1) is 65.6. The highest BCUT2D eigenvalue weighted by molar-refractivity contribution is 5.71. The van der Waals surface area contributed by atoms with Crippen LogP contribution >= 0.6 is 0 Å². The van der Waals surface area contributed by atoms with Gasteiger partial charge in [-0.2, -0.15) is 0 Å². The third-order valence-electron chi connectivity index (χ3n) is 13.4. The second-order valence-electron chi connectivity index (χ2n) is 20.3. The summed E-state index contributed by atoms with van der Waals surface area (Å²) in [6.45, 7) is 6.64. The van der Waals surface area contributed by atoms with E-state index < -0.39 is 6.10 Å². The van der Waals surface area contributed by atoms with E-state index in [9.17, 15) is 14.4 Å². The van der Waals surface area contributed by atoms with Gasteiger partial charge in [-0.15, -0.1) is 0 Å². The molecule has 0 aliphatic carbocycles. The molecular formula is C62H114O6. The third kappa shape index (κ3) is 54.6. The van der Waals surface area contributed by atoms with E-state index in [-0.39, 0.29) is 31.1 Å². The maximum atomic E-state index is 12.8. The minimum atomic E-state index is -0.765. The van der Waals surface area contributed by atoms with Crippen LogP contribution in [0.1, 0.15) is 323 Å². The molecule has 1 atom stereocenters. The van der Waals surface area contributed by atoms with Crippen molar-refractivity contribution < 1.29 is 28.6 Å². The molecule has 0 radical (unpaired) electrons. The summed E-state index contributed by atoms with van der Waals surface area (Å²) >= 11 is 0. The summed E-state index contributed by atoms with van der Waals surface area (Å²) in [4.78, 5) is 38.0. The average Bonchev–Trinajstić information content (AvgIpc) is 3.34. The summed E-state index contributed by atoms with van der Waals surface area (Å²) < 4.78 is 16.8. The molecule has 0 aliphatic heterocycles. The fraction of sp³-hybridized carbons (Fsp3) is 0.855. The highest BCUT2D eigenvalue weighted by atomic mass is 16.6. The Morgan fingerprint density at radius 1 is 0.294 bits per heavy atom. The Morgan fingerprint density at radius 3 is 0.824 bits per heavy atom. The molecule has 0 fully saturated rings. The van der Waals surface area contributed by atoms with Gasteiger partial charge in [0.1, 0.15) is 13.2 Å². The van der Waals surface area contributed by atoms with Crippen molar-refractivity contribution in [2.75, 3.05) is 13.2 Å². The van der Waals surface area contributed by atoms with Crippen molar-refractivity contribution in [3.63, 3.8) is 0 Å². The molecule has 398 valence electrons. The summed E-state index contributed by atoms with van der Waals surface area (Å²) in [6, 6.07) is 0. The topological polar surface area (TPSA) is 78.9 Å². The molecule has 0 bridgehead atoms. The molecule has 0 aromatic heterocycles. The quantitative estimate of drug-likeness (QED) is 0.0262. The number of allylic oxidation sites excluding steroid dienone is 6. The predicted molar refractivity (Wildman–Crippen MR) is 293 cm³/mol. The van der Waals surface area contributed by atoms with Crippen molar-refractivity contribution in [1.29, 1.82) is 0 Å². The average molecular weight is 956 g/mol. The van der Waals surface area contributed by atoms with E-state index in [4.69, 9.17) is 14.2 Å². The third-order valence-corrected chi connectivity index (χ3v) is 13.4. The van der Waals surface area contributed by atoms with Crippen molar-refractivity contribution in [1.82, 2.24) is 0 Å². The zero-order valence-electron chi connectivity index (χ0n) is 45.6. The molecule has 0 amide bonds. The van der Waals surface area contributed by atoms with Crippen LogP contribution in [-0.4, -0.2) is 37.2 Å². The molecule has 1 unspecified atom stereocenters. The first-order valence-electron chi connectivity index (χ1n) is 30.0. The Kier molecular flexibility index (Phi) is 55.2. The summed E-state index contributed by atoms with van der Waals surface area (Å²) in [5, 5.41) is 0. The molecular weight excluding hydrogens is 841 g/mol. The molecule has 0 aromatic rings. The molecule has 0 spiro atoms. The van der Waals surface area contributed by atoms with Crippen LogP contribution in [-0.2, 0) is 28.6 Å². The molecule has 0 rings (SSSR count). The summed E-state index contributed by atoms with van der Waals surface area (Å²) in [5.41, 5.74) is 0. The van der Waals surface area contributed by atoms with Crippen LogP contribution < -0.4 is 0 Å². The van der Waals surface area contributed by atoms with E-state index in [0.29, 0.717) is 19.3 Å². The minimum absolute atomic E-state index is 0.0669. The van der Waals surface area contributed by atoms with Gasteiger partial charge in [0.2, 0.25) is 0 Å². The highest BCUT2D eigenvalue weighted by Gasteiger charge is 2.19. The van der Waals surface area contributed by atoms with Gasteiger partial charge in [-0.05, 0) is 57.8 Å². The molecule has 0 heterocycles. The molecule has 0 aliphatic rings. The van der Waals surface area contributed by atoms with E-state index in [2.05, 4.69) is 57.2 Å². The van der Waals surface area contributed by atoms with Gasteiger partial charge in [-0.25, -0.2) is 0 Å². The van der Waals surface area contributed by atoms with Gasteiger partial charge in [-0.1, -0.05) is 282 Å². The van der Waals surface area contributed by atoms with Crippen molar-refractivity contribution in [2.24, 2.45) is 0 Å². The molecule has 68 heavy (non-hydrogen) atoms. The van der Waals surface area contributed by atoms with Crippen LogP contribution in [0.25, 0.3) is 0 Å². The van der Waals surface area contributed by atoms with E-state index >= 15 is 0 Å². The molecule has 0 saturated carbocycles. The molecule has 0 saturated heterocycles. The van der Waals surface area contributed by atoms with Gasteiger partial charge in [0.05, 0.1) is 0 Å². The van der Waals surface area contributed by atoms with E-state index in [1.165, 1.54) is 212 Å². The lowest BCUT2D eigenvalue weighted by molar-refractivity contribution is -0.167. The summed E-state index contributed by atoms with van der Waals surface area (Å²) in [5.74, 6) is -0.854. The molecule has 6 nitrogen and oxygen atoms in total. The normalized spacial score (nSPS) is 12.2. The van der Waals surface area contributed by atoms with Crippen LogP contribution in [0.2, 0.25) is 0 Å². The van der Waals surface area contributed by atoms with E-state index in [0.717, 1.165) is 70.6 Å². The Hall–Kier alpha value is -2.37. The standard InChI is InChI=1S/C62H114O6/c1-4-7-10-13-16-19-21-23-24-25-26-27-28-29-30-31-32-33-34-35-36-37-38-39-41-43-46-49-52-55-61(64)67-58-59(57-66-60(63)54-51-48-45-42-18-15-12-9-6-3)68-62(65)56-53-50-47-44-40-22-20-17-14-11-8-5-2/h21,23,25-26,28-29,59H,4-20,22,24,27,30-58H2,1-3H3/b23-21-,26-25-,29-28-. The molecule has 0 N–H and O–H groups in total. The van der Waals surface area contributed by atoms with E-state index in [1.807, 2.05) is 0 Å². The van der Waals surface area contributed by atoms with Crippen molar-refractivity contribution >= 4 is 17.9 Å². The van der Waals surface area contributed by atoms with Crippen molar-refractivity contribution in [3.8, 4) is 0 Å². The number of hydrogen-bond acceptors (Lipinski definition) is 6. The number of carbonyl (C=O) groups is 3. The minimum Gasteiger partial charge on any atom is -0.462 e. The Labute approximate surface area is 423 Å². The number of rotatable bonds is 55. The summed E-state index contributed by atoms with van der Waals surface area (Å²) in [7, 11) is 0. The Bertz CT molecular complexity index is 1140. The lowest BCUT2D eigenvalue weighted by Crippen LogP contribution is -2.30. The molecule has 0 aromatic carbocycles. The lowest BCUT2D eigenvalue weighted by atomic mass is 10.0. The molecule has 6 heteroatoms. The van der Waals surface area contributed by atoms with Gasteiger partial charge in [-0.3, -0.25) is 14.4 Å². The fourth-order valence-corrected chi connectivity index (χ4v) is 8.86. The first-order chi connectivity index (χ1) is 33.5. The number of unbranched alkanes of at least 4 members (excludes halogenated alkanes) is 38. The Morgan fingerprint density at radius 2 is 0.529 bits per heavy atom. The number of ether oxygens (including phenoxy) is 3. The van der Waals surface area contributed by atoms with Crippen molar-refractivity contribution in [3.05, 3.63) is 36.5 Å². The van der Waals surface area contributed by atoms with Gasteiger partial charge < -0.3 is 14.2 Å². The van der Waals surface area contributed by atoms with Crippen LogP contribution in [0.3, 0.4) is 0 Å². The second kappa shape index (κ2) is 57.2. The highest BCUT2D eigenvalue weighted by Crippen LogP contribution is 2.17. The zero-order valence-corrected chi connectivity index (χ0v) is 45.6. The zero-order chi connectivity index (χ0) is 49.3. The van der Waals surface area contributed by atoms with Crippen molar-refractivity contribution in [2.45, 2.75) is 329 Å². The fourth-order valence-electron chi connectivity index (χ4n) is 8.86. The van der Waals surface area contributed by atoms with Crippen LogP contribution in [0.5, 0.6) is 0 Å². The predicted octanol–water partition coefficient (Wildman–Crippen LogP) is 20.0. The number of carbonyl (C=O) groups excluding carboxylic acids is 3. The number of hydrogen-bond donors (Lipinski definition) is 0. The number of esters is 3.